The predicted molar refractivity (Wildman–Crippen MR) is 78.5 cm³/mol. The number of carbonyl (C=O) groups is 1. The highest BCUT2D eigenvalue weighted by molar-refractivity contribution is 7.07. The van der Waals surface area contributed by atoms with E-state index in [1.165, 1.54) is 6.20 Å². The Bertz CT molecular complexity index is 739. The summed E-state index contributed by atoms with van der Waals surface area (Å²) in [6, 6.07) is 5.27. The summed E-state index contributed by atoms with van der Waals surface area (Å²) in [4.78, 5) is 18.8. The average Bonchev–Trinajstić information content (AvgIpc) is 3.16. The van der Waals surface area contributed by atoms with E-state index >= 15 is 0 Å². The standard InChI is InChI=1S/C14H13N5O2S/c1-9-13(22-18-17-9)14(20)19-5-3-11(8-19)21-12-6-10(7-15)2-4-16-12/h2,4,6,11H,3,5,8H2,1H3. The Morgan fingerprint density at radius 1 is 1.59 bits per heavy atom. The van der Waals surface area contributed by atoms with Crippen LogP contribution in [0.1, 0.15) is 27.3 Å². The van der Waals surface area contributed by atoms with Gasteiger partial charge in [0.05, 0.1) is 23.9 Å². The molecule has 112 valence electrons. The first-order valence-corrected chi connectivity index (χ1v) is 7.55. The first-order chi connectivity index (χ1) is 10.7. The van der Waals surface area contributed by atoms with E-state index in [1.54, 1.807) is 24.0 Å². The molecule has 0 bridgehead atoms. The number of hydrogen-bond donors (Lipinski definition) is 0. The van der Waals surface area contributed by atoms with Crippen molar-refractivity contribution in [3.05, 3.63) is 34.5 Å². The van der Waals surface area contributed by atoms with Gasteiger partial charge in [0, 0.05) is 25.2 Å². The van der Waals surface area contributed by atoms with Gasteiger partial charge in [-0.1, -0.05) is 4.49 Å². The molecule has 0 radical (unpaired) electrons. The molecule has 2 aromatic heterocycles. The van der Waals surface area contributed by atoms with Gasteiger partial charge < -0.3 is 9.64 Å². The van der Waals surface area contributed by atoms with Gasteiger partial charge in [0.1, 0.15) is 11.0 Å². The number of aryl methyl sites for hydroxylation is 1. The molecule has 1 aliphatic rings. The quantitative estimate of drug-likeness (QED) is 0.850. The first kappa shape index (κ1) is 14.4. The molecule has 0 N–H and O–H groups in total. The number of amides is 1. The minimum absolute atomic E-state index is 0.0580. The number of nitrogens with zero attached hydrogens (tertiary/aromatic N) is 5. The fourth-order valence-corrected chi connectivity index (χ4v) is 2.92. The SMILES string of the molecule is Cc1nnsc1C(=O)N1CCC(Oc2cc(C#N)ccn2)C1. The summed E-state index contributed by atoms with van der Waals surface area (Å²) in [6.07, 6.45) is 2.15. The molecule has 3 heterocycles. The molecule has 3 rings (SSSR count). The third-order valence-corrected chi connectivity index (χ3v) is 4.25. The number of hydrogen-bond acceptors (Lipinski definition) is 7. The van der Waals surface area contributed by atoms with Gasteiger partial charge in [0.25, 0.3) is 5.91 Å². The van der Waals surface area contributed by atoms with Crippen LogP contribution in [-0.2, 0) is 0 Å². The third kappa shape index (κ3) is 2.89. The zero-order valence-electron chi connectivity index (χ0n) is 11.9. The molecule has 0 aromatic carbocycles. The van der Waals surface area contributed by atoms with Crippen LogP contribution in [0.25, 0.3) is 0 Å². The van der Waals surface area contributed by atoms with Crippen LogP contribution in [0.15, 0.2) is 18.3 Å². The molecule has 1 saturated heterocycles. The Kier molecular flexibility index (Phi) is 3.98. The van der Waals surface area contributed by atoms with E-state index in [0.29, 0.717) is 35.1 Å². The molecule has 2 aromatic rings. The van der Waals surface area contributed by atoms with Crippen molar-refractivity contribution in [1.29, 1.82) is 5.26 Å². The smallest absolute Gasteiger partial charge is 0.267 e. The minimum atomic E-state index is -0.119. The van der Waals surface area contributed by atoms with Crippen LogP contribution < -0.4 is 4.74 Å². The van der Waals surface area contributed by atoms with Crippen molar-refractivity contribution in [3.63, 3.8) is 0 Å². The summed E-state index contributed by atoms with van der Waals surface area (Å²) < 4.78 is 9.55. The molecule has 7 nitrogen and oxygen atoms in total. The molecule has 1 aliphatic heterocycles. The zero-order chi connectivity index (χ0) is 15.5. The van der Waals surface area contributed by atoms with Gasteiger partial charge in [0.15, 0.2) is 0 Å². The van der Waals surface area contributed by atoms with Crippen molar-refractivity contribution < 1.29 is 9.53 Å². The van der Waals surface area contributed by atoms with Crippen molar-refractivity contribution in [2.24, 2.45) is 0 Å². The lowest BCUT2D eigenvalue weighted by atomic mass is 10.3. The van der Waals surface area contributed by atoms with E-state index in [2.05, 4.69) is 14.6 Å². The zero-order valence-corrected chi connectivity index (χ0v) is 12.7. The highest BCUT2D eigenvalue weighted by Gasteiger charge is 2.30. The molecule has 0 aliphatic carbocycles. The Balaban J connectivity index is 1.64. The monoisotopic (exact) mass is 315 g/mol. The number of likely N-dealkylation sites (tertiary alicyclic amines) is 1. The Morgan fingerprint density at radius 2 is 2.45 bits per heavy atom. The van der Waals surface area contributed by atoms with Crippen LogP contribution in [0.3, 0.4) is 0 Å². The van der Waals surface area contributed by atoms with Gasteiger partial charge in [-0.2, -0.15) is 5.26 Å². The summed E-state index contributed by atoms with van der Waals surface area (Å²) in [6.45, 7) is 2.89. The van der Waals surface area contributed by atoms with E-state index in [4.69, 9.17) is 10.00 Å². The molecule has 1 unspecified atom stereocenters. The van der Waals surface area contributed by atoms with E-state index in [0.717, 1.165) is 18.0 Å². The second-order valence-electron chi connectivity index (χ2n) is 4.96. The molecule has 0 spiro atoms. The highest BCUT2D eigenvalue weighted by Crippen LogP contribution is 2.21. The van der Waals surface area contributed by atoms with Crippen molar-refractivity contribution in [2.75, 3.05) is 13.1 Å². The van der Waals surface area contributed by atoms with Gasteiger partial charge in [0.2, 0.25) is 5.88 Å². The van der Waals surface area contributed by atoms with Gasteiger partial charge in [-0.3, -0.25) is 4.79 Å². The van der Waals surface area contributed by atoms with Gasteiger partial charge in [-0.15, -0.1) is 5.10 Å². The largest absolute Gasteiger partial charge is 0.472 e. The van der Waals surface area contributed by atoms with Crippen LogP contribution in [0.5, 0.6) is 5.88 Å². The number of rotatable bonds is 3. The maximum absolute atomic E-state index is 12.4. The second-order valence-corrected chi connectivity index (χ2v) is 5.72. The normalized spacial score (nSPS) is 17.3. The molecule has 1 atom stereocenters. The van der Waals surface area contributed by atoms with Gasteiger partial charge in [-0.25, -0.2) is 4.98 Å². The van der Waals surface area contributed by atoms with Crippen LogP contribution in [0, 0.1) is 18.3 Å². The number of aromatic nitrogens is 3. The Morgan fingerprint density at radius 3 is 3.18 bits per heavy atom. The van der Waals surface area contributed by atoms with Crippen molar-refractivity contribution in [1.82, 2.24) is 19.5 Å². The van der Waals surface area contributed by atoms with Crippen molar-refractivity contribution in [2.45, 2.75) is 19.4 Å². The lowest BCUT2D eigenvalue weighted by Crippen LogP contribution is -2.30. The lowest BCUT2D eigenvalue weighted by Gasteiger charge is -2.16. The highest BCUT2D eigenvalue weighted by atomic mass is 32.1. The fourth-order valence-electron chi connectivity index (χ4n) is 2.29. The molecule has 1 fully saturated rings. The average molecular weight is 315 g/mol. The fraction of sp³-hybridized carbons (Fsp3) is 0.357. The summed E-state index contributed by atoms with van der Waals surface area (Å²) in [5.74, 6) is 0.353. The number of carbonyl (C=O) groups excluding carboxylic acids is 1. The van der Waals surface area contributed by atoms with Crippen molar-refractivity contribution in [3.8, 4) is 11.9 Å². The van der Waals surface area contributed by atoms with Crippen LogP contribution >= 0.6 is 11.5 Å². The molecule has 0 saturated carbocycles. The summed E-state index contributed by atoms with van der Waals surface area (Å²) >= 11 is 1.11. The Labute approximate surface area is 131 Å². The van der Waals surface area contributed by atoms with Gasteiger partial charge in [-0.05, 0) is 24.5 Å². The minimum Gasteiger partial charge on any atom is -0.472 e. The van der Waals surface area contributed by atoms with E-state index in [9.17, 15) is 4.79 Å². The number of nitriles is 1. The van der Waals surface area contributed by atoms with Crippen LogP contribution in [0.2, 0.25) is 0 Å². The number of pyridine rings is 1. The van der Waals surface area contributed by atoms with E-state index in [1.807, 2.05) is 6.07 Å². The maximum atomic E-state index is 12.4. The van der Waals surface area contributed by atoms with Crippen LogP contribution in [-0.4, -0.2) is 44.6 Å². The molecular weight excluding hydrogens is 302 g/mol. The lowest BCUT2D eigenvalue weighted by molar-refractivity contribution is 0.0775. The van der Waals surface area contributed by atoms with Crippen LogP contribution in [0.4, 0.5) is 0 Å². The third-order valence-electron chi connectivity index (χ3n) is 3.43. The molecule has 8 heteroatoms. The van der Waals surface area contributed by atoms with E-state index in [-0.39, 0.29) is 12.0 Å². The summed E-state index contributed by atoms with van der Waals surface area (Å²) in [7, 11) is 0. The second kappa shape index (κ2) is 6.07. The van der Waals surface area contributed by atoms with E-state index < -0.39 is 0 Å². The molecule has 1 amide bonds. The first-order valence-electron chi connectivity index (χ1n) is 6.78. The summed E-state index contributed by atoms with van der Waals surface area (Å²) in [5, 5.41) is 12.7. The number of ether oxygens (including phenoxy) is 1. The molecule has 22 heavy (non-hydrogen) atoms. The predicted octanol–water partition coefficient (Wildman–Crippen LogP) is 1.41. The van der Waals surface area contributed by atoms with Crippen molar-refractivity contribution >= 4 is 17.4 Å². The summed E-state index contributed by atoms with van der Waals surface area (Å²) in [5.41, 5.74) is 1.16. The maximum Gasteiger partial charge on any atom is 0.267 e. The Hall–Kier alpha value is -2.53. The van der Waals surface area contributed by atoms with Gasteiger partial charge >= 0.3 is 0 Å². The molecular formula is C14H13N5O2S. The topological polar surface area (TPSA) is 92.0 Å².